The van der Waals surface area contributed by atoms with Crippen molar-refractivity contribution in [2.24, 2.45) is 0 Å². The minimum absolute atomic E-state index is 0.485. The molecule has 2 nitrogen and oxygen atoms in total. The summed E-state index contributed by atoms with van der Waals surface area (Å²) in [6.07, 6.45) is 2.93. The highest BCUT2D eigenvalue weighted by atomic mass is 33.1. The molecule has 1 fully saturated rings. The van der Waals surface area contributed by atoms with Crippen LogP contribution in [0.5, 0.6) is 0 Å². The van der Waals surface area contributed by atoms with Gasteiger partial charge in [0, 0.05) is 12.4 Å². The van der Waals surface area contributed by atoms with Crippen molar-refractivity contribution < 1.29 is 4.74 Å². The van der Waals surface area contributed by atoms with Crippen LogP contribution in [0.4, 0.5) is 0 Å². The highest BCUT2D eigenvalue weighted by Crippen LogP contribution is 2.23. The molecule has 1 atom stereocenters. The van der Waals surface area contributed by atoms with E-state index < -0.39 is 0 Å². The van der Waals surface area contributed by atoms with Gasteiger partial charge in [-0.25, -0.2) is 4.13 Å². The Morgan fingerprint density at radius 3 is 3.20 bits per heavy atom. The minimum Gasteiger partial charge on any atom is -0.377 e. The Balaban J connectivity index is 1.91. The number of hydrogen-bond donors (Lipinski definition) is 2. The van der Waals surface area contributed by atoms with Crippen LogP contribution in [0.2, 0.25) is 0 Å². The zero-order chi connectivity index (χ0) is 7.23. The van der Waals surface area contributed by atoms with Crippen molar-refractivity contribution in [3.63, 3.8) is 0 Å². The number of thiol groups is 1. The van der Waals surface area contributed by atoms with Crippen molar-refractivity contribution in [1.29, 1.82) is 0 Å². The fourth-order valence-corrected chi connectivity index (χ4v) is 2.74. The van der Waals surface area contributed by atoms with Crippen molar-refractivity contribution in [3.8, 4) is 0 Å². The quantitative estimate of drug-likeness (QED) is 0.311. The van der Waals surface area contributed by atoms with E-state index in [1.165, 1.54) is 12.8 Å². The second-order valence-corrected chi connectivity index (χ2v) is 4.77. The predicted octanol–water partition coefficient (Wildman–Crippen LogP) is 1.90. The van der Waals surface area contributed by atoms with Crippen molar-refractivity contribution in [3.05, 3.63) is 0 Å². The molecule has 10 heavy (non-hydrogen) atoms. The second-order valence-electron chi connectivity index (χ2n) is 2.09. The van der Waals surface area contributed by atoms with Gasteiger partial charge in [-0.1, -0.05) is 23.6 Å². The first-order valence-electron chi connectivity index (χ1n) is 3.22. The fraction of sp³-hybridized carbons (Fsp3) is 1.00. The average Bonchev–Trinajstić information content (AvgIpc) is 2.41. The zero-order valence-electron chi connectivity index (χ0n) is 5.58. The van der Waals surface area contributed by atoms with Crippen molar-refractivity contribution in [2.45, 2.75) is 18.9 Å². The molecule has 0 aromatic carbocycles. The van der Waals surface area contributed by atoms with Gasteiger partial charge in [-0.2, -0.15) is 0 Å². The molecule has 0 unspecified atom stereocenters. The topological polar surface area (TPSA) is 21.3 Å². The van der Waals surface area contributed by atoms with E-state index in [1.54, 1.807) is 21.8 Å². The van der Waals surface area contributed by atoms with Crippen LogP contribution in [0.1, 0.15) is 12.8 Å². The van der Waals surface area contributed by atoms with E-state index in [1.807, 2.05) is 0 Å². The van der Waals surface area contributed by atoms with Crippen molar-refractivity contribution in [1.82, 2.24) is 4.13 Å². The third kappa shape index (κ3) is 3.39. The molecule has 1 aliphatic rings. The molecule has 1 heterocycles. The lowest BCUT2D eigenvalue weighted by atomic mass is 10.3. The van der Waals surface area contributed by atoms with E-state index in [0.717, 1.165) is 12.4 Å². The van der Waals surface area contributed by atoms with Gasteiger partial charge in [-0.3, -0.25) is 0 Å². The second kappa shape index (κ2) is 5.60. The molecule has 0 aromatic heterocycles. The van der Waals surface area contributed by atoms with Gasteiger partial charge < -0.3 is 4.74 Å². The largest absolute Gasteiger partial charge is 0.377 e. The van der Waals surface area contributed by atoms with Gasteiger partial charge in [-0.15, -0.1) is 0 Å². The SMILES string of the molecule is SNSSC[C@H]1CCCO1. The van der Waals surface area contributed by atoms with E-state index in [9.17, 15) is 0 Å². The van der Waals surface area contributed by atoms with E-state index in [-0.39, 0.29) is 0 Å². The van der Waals surface area contributed by atoms with Crippen LogP contribution < -0.4 is 4.13 Å². The molecule has 0 spiro atoms. The normalized spacial score (nSPS) is 25.5. The fourth-order valence-electron chi connectivity index (χ4n) is 0.912. The molecular formula is C5H11NOS3. The minimum atomic E-state index is 0.485. The molecule has 1 saturated heterocycles. The standard InChI is InChI=1S/C5H11NOS3/c8-6-10-9-4-5-2-1-3-7-5/h5-6,8H,1-4H2/t5-/m1/s1. The summed E-state index contributed by atoms with van der Waals surface area (Å²) in [5.41, 5.74) is 0. The number of ether oxygens (including phenoxy) is 1. The van der Waals surface area contributed by atoms with Crippen LogP contribution in [-0.2, 0) is 4.74 Å². The van der Waals surface area contributed by atoms with E-state index in [2.05, 4.69) is 16.9 Å². The van der Waals surface area contributed by atoms with Gasteiger partial charge in [0.1, 0.15) is 0 Å². The first-order chi connectivity index (χ1) is 4.93. The maximum Gasteiger partial charge on any atom is 0.0675 e. The summed E-state index contributed by atoms with van der Waals surface area (Å²) < 4.78 is 8.12. The number of hydrogen-bond acceptors (Lipinski definition) is 5. The Morgan fingerprint density at radius 1 is 1.70 bits per heavy atom. The average molecular weight is 197 g/mol. The zero-order valence-corrected chi connectivity index (χ0v) is 8.11. The molecule has 0 bridgehead atoms. The summed E-state index contributed by atoms with van der Waals surface area (Å²) in [6.45, 7) is 0.949. The highest BCUT2D eigenvalue weighted by molar-refractivity contribution is 8.76. The van der Waals surface area contributed by atoms with Crippen molar-refractivity contribution >= 4 is 34.6 Å². The summed E-state index contributed by atoms with van der Waals surface area (Å²) in [6, 6.07) is 0. The molecule has 0 radical (unpaired) electrons. The van der Waals surface area contributed by atoms with E-state index >= 15 is 0 Å². The molecule has 0 aliphatic carbocycles. The van der Waals surface area contributed by atoms with Crippen LogP contribution in [0.15, 0.2) is 0 Å². The van der Waals surface area contributed by atoms with Crippen LogP contribution in [0.25, 0.3) is 0 Å². The van der Waals surface area contributed by atoms with Crippen molar-refractivity contribution in [2.75, 3.05) is 12.4 Å². The molecular weight excluding hydrogens is 186 g/mol. The van der Waals surface area contributed by atoms with Crippen LogP contribution in [0.3, 0.4) is 0 Å². The Hall–Kier alpha value is 0.970. The first-order valence-corrected chi connectivity index (χ1v) is 5.99. The van der Waals surface area contributed by atoms with Crippen LogP contribution in [0, 0.1) is 0 Å². The maximum atomic E-state index is 5.41. The third-order valence-corrected chi connectivity index (χ3v) is 3.73. The molecule has 60 valence electrons. The third-order valence-electron chi connectivity index (χ3n) is 1.37. The molecule has 0 aromatic rings. The monoisotopic (exact) mass is 197 g/mol. The van der Waals surface area contributed by atoms with E-state index in [0.29, 0.717) is 6.10 Å². The lowest BCUT2D eigenvalue weighted by molar-refractivity contribution is 0.129. The number of rotatable bonds is 4. The summed E-state index contributed by atoms with van der Waals surface area (Å²) in [7, 11) is 3.30. The lowest BCUT2D eigenvalue weighted by Gasteiger charge is -2.05. The lowest BCUT2D eigenvalue weighted by Crippen LogP contribution is -2.07. The molecule has 0 saturated carbocycles. The molecule has 1 aliphatic heterocycles. The number of nitrogens with one attached hydrogen (secondary N) is 1. The van der Waals surface area contributed by atoms with Gasteiger partial charge in [0.25, 0.3) is 0 Å². The van der Waals surface area contributed by atoms with Gasteiger partial charge in [-0.05, 0) is 23.8 Å². The summed E-state index contributed by atoms with van der Waals surface area (Å²) >= 11 is 3.85. The Bertz CT molecular complexity index is 87.0. The smallest absolute Gasteiger partial charge is 0.0675 e. The Kier molecular flexibility index (Phi) is 5.07. The van der Waals surface area contributed by atoms with Gasteiger partial charge >= 0.3 is 0 Å². The van der Waals surface area contributed by atoms with Crippen LogP contribution in [-0.4, -0.2) is 18.5 Å². The molecule has 1 N–H and O–H groups in total. The predicted molar refractivity (Wildman–Crippen MR) is 51.1 cm³/mol. The Morgan fingerprint density at radius 2 is 2.60 bits per heavy atom. The molecule has 5 heteroatoms. The molecule has 1 rings (SSSR count). The summed E-state index contributed by atoms with van der Waals surface area (Å²) in [5.74, 6) is 1.07. The molecule has 0 amide bonds. The van der Waals surface area contributed by atoms with E-state index in [4.69, 9.17) is 4.74 Å². The summed E-state index contributed by atoms with van der Waals surface area (Å²) in [4.78, 5) is 0. The van der Waals surface area contributed by atoms with Gasteiger partial charge in [0.2, 0.25) is 0 Å². The maximum absolute atomic E-state index is 5.41. The Labute approximate surface area is 74.9 Å². The summed E-state index contributed by atoms with van der Waals surface area (Å²) in [5, 5.41) is 0. The first kappa shape index (κ1) is 9.06. The van der Waals surface area contributed by atoms with Gasteiger partial charge in [0.15, 0.2) is 0 Å². The van der Waals surface area contributed by atoms with Gasteiger partial charge in [0.05, 0.1) is 6.10 Å². The van der Waals surface area contributed by atoms with Crippen LogP contribution >= 0.6 is 34.6 Å². The highest BCUT2D eigenvalue weighted by Gasteiger charge is 2.14.